The van der Waals surface area contributed by atoms with Gasteiger partial charge in [-0.2, -0.15) is 5.10 Å². The van der Waals surface area contributed by atoms with E-state index in [1.54, 1.807) is 11.1 Å². The molecule has 0 amide bonds. The molecule has 23 heavy (non-hydrogen) atoms. The molecule has 6 nitrogen and oxygen atoms in total. The van der Waals surface area contributed by atoms with Crippen molar-refractivity contribution in [2.45, 2.75) is 37.3 Å². The van der Waals surface area contributed by atoms with Crippen LogP contribution in [0.2, 0.25) is 0 Å². The topological polar surface area (TPSA) is 56.6 Å². The van der Waals surface area contributed by atoms with Crippen LogP contribution in [0.15, 0.2) is 12.4 Å². The maximum atomic E-state index is 12.1. The Hall–Kier alpha value is -1.77. The predicted octanol–water partition coefficient (Wildman–Crippen LogP) is 1.66. The molecule has 1 saturated heterocycles. The lowest BCUT2D eigenvalue weighted by atomic mass is 9.39. The number of hydrogen-bond donors (Lipinski definition) is 0. The average Bonchev–Trinajstić information content (AvgIpc) is 2.77. The minimum Gasteiger partial charge on any atom is -0.469 e. The number of halogens is 3. The number of carbonyl (C=O) groups is 1. The molecule has 0 N–H and O–H groups in total. The van der Waals surface area contributed by atoms with Crippen LogP contribution in [0.25, 0.3) is 0 Å². The van der Waals surface area contributed by atoms with Gasteiger partial charge in [0.1, 0.15) is 6.10 Å². The highest BCUT2D eigenvalue weighted by molar-refractivity contribution is 5.81. The highest BCUT2D eigenvalue weighted by Crippen LogP contribution is 2.71. The van der Waals surface area contributed by atoms with Crippen LogP contribution < -0.4 is 4.90 Å². The van der Waals surface area contributed by atoms with Gasteiger partial charge in [-0.05, 0) is 19.3 Å². The van der Waals surface area contributed by atoms with Crippen molar-refractivity contribution in [3.63, 3.8) is 0 Å². The van der Waals surface area contributed by atoms with Crippen molar-refractivity contribution in [3.05, 3.63) is 12.4 Å². The Balaban J connectivity index is 1.35. The van der Waals surface area contributed by atoms with Gasteiger partial charge in [-0.3, -0.25) is 14.2 Å². The minimum absolute atomic E-state index is 0.126. The van der Waals surface area contributed by atoms with Crippen LogP contribution in [0, 0.1) is 5.41 Å². The number of nitrogens with zero attached hydrogens (tertiary/aromatic N) is 3. The van der Waals surface area contributed by atoms with Gasteiger partial charge in [-0.1, -0.05) is 0 Å². The van der Waals surface area contributed by atoms with E-state index < -0.39 is 12.5 Å². The maximum absolute atomic E-state index is 12.1. The number of ether oxygens (including phenoxy) is 2. The van der Waals surface area contributed by atoms with Crippen LogP contribution in [-0.2, 0) is 19.8 Å². The Morgan fingerprint density at radius 2 is 2.00 bits per heavy atom. The number of rotatable bonds is 4. The normalized spacial score (nSPS) is 32.8. The molecule has 3 aliphatic carbocycles. The molecule has 0 spiro atoms. The molecule has 0 aromatic carbocycles. The van der Waals surface area contributed by atoms with Gasteiger partial charge in [0.25, 0.3) is 0 Å². The van der Waals surface area contributed by atoms with Gasteiger partial charge in [-0.25, -0.2) is 0 Å². The molecule has 126 valence electrons. The summed E-state index contributed by atoms with van der Waals surface area (Å²) >= 11 is 0. The number of anilines is 1. The summed E-state index contributed by atoms with van der Waals surface area (Å²) in [5.74, 6) is -0.165. The second-order valence-corrected chi connectivity index (χ2v) is 6.76. The second kappa shape index (κ2) is 4.40. The zero-order chi connectivity index (χ0) is 16.5. The zero-order valence-electron chi connectivity index (χ0n) is 12.5. The van der Waals surface area contributed by atoms with Gasteiger partial charge >= 0.3 is 12.3 Å². The summed E-state index contributed by atoms with van der Waals surface area (Å²) in [5, 5.41) is 4.33. The van der Waals surface area contributed by atoms with Gasteiger partial charge in [0.15, 0.2) is 0 Å². The molecule has 2 bridgehead atoms. The quantitative estimate of drug-likeness (QED) is 0.786. The summed E-state index contributed by atoms with van der Waals surface area (Å²) in [6.45, 7) is 0.397. The first-order chi connectivity index (χ1) is 10.8. The minimum atomic E-state index is -4.59. The van der Waals surface area contributed by atoms with Crippen LogP contribution in [0.4, 0.5) is 18.9 Å². The van der Waals surface area contributed by atoms with Crippen molar-refractivity contribution in [3.8, 4) is 0 Å². The standard InChI is InChI=1S/C14H16F3N3O3/c1-22-11(21)12-6-13(7-12,8-12)20-3-9(2-18-20)19-4-10(5-19)23-14(15,16)17/h2-3,10H,4-8H2,1H3. The third kappa shape index (κ3) is 2.13. The van der Waals surface area contributed by atoms with Crippen molar-refractivity contribution in [1.82, 2.24) is 9.78 Å². The van der Waals surface area contributed by atoms with Crippen LogP contribution in [0.3, 0.4) is 0 Å². The van der Waals surface area contributed by atoms with Gasteiger partial charge in [0.05, 0.1) is 29.9 Å². The van der Waals surface area contributed by atoms with E-state index in [9.17, 15) is 18.0 Å². The van der Waals surface area contributed by atoms with Gasteiger partial charge in [0, 0.05) is 19.3 Å². The van der Waals surface area contributed by atoms with Crippen molar-refractivity contribution in [2.24, 2.45) is 5.41 Å². The van der Waals surface area contributed by atoms with Gasteiger partial charge < -0.3 is 9.64 Å². The summed E-state index contributed by atoms with van der Waals surface area (Å²) in [6.07, 6.45) is 0.221. The molecule has 1 aromatic rings. The monoisotopic (exact) mass is 331 g/mol. The summed E-state index contributed by atoms with van der Waals surface area (Å²) in [6, 6.07) is 0. The molecule has 0 radical (unpaired) electrons. The zero-order valence-corrected chi connectivity index (χ0v) is 12.5. The van der Waals surface area contributed by atoms with Crippen molar-refractivity contribution >= 4 is 11.7 Å². The highest BCUT2D eigenvalue weighted by atomic mass is 19.4. The Bertz CT molecular complexity index is 631. The molecule has 4 fully saturated rings. The molecule has 2 heterocycles. The number of esters is 1. The summed E-state index contributed by atoms with van der Waals surface area (Å²) in [4.78, 5) is 13.5. The SMILES string of the molecule is COC(=O)C12CC(n3cc(N4CC(OC(F)(F)F)C4)cn3)(C1)C2. The van der Waals surface area contributed by atoms with Gasteiger partial charge in [-0.15, -0.1) is 13.2 Å². The van der Waals surface area contributed by atoms with E-state index in [0.29, 0.717) is 19.3 Å². The van der Waals surface area contributed by atoms with Crippen LogP contribution in [-0.4, -0.2) is 48.4 Å². The molecular formula is C14H16F3N3O3. The van der Waals surface area contributed by atoms with E-state index >= 15 is 0 Å². The van der Waals surface area contributed by atoms with Crippen LogP contribution in [0.1, 0.15) is 19.3 Å². The summed E-state index contributed by atoms with van der Waals surface area (Å²) in [7, 11) is 1.39. The number of aromatic nitrogens is 2. The summed E-state index contributed by atoms with van der Waals surface area (Å²) < 4.78 is 47.0. The number of methoxy groups -OCH3 is 1. The van der Waals surface area contributed by atoms with Crippen molar-refractivity contribution in [2.75, 3.05) is 25.1 Å². The lowest BCUT2D eigenvalue weighted by molar-refractivity contribution is -0.344. The van der Waals surface area contributed by atoms with Crippen LogP contribution >= 0.6 is 0 Å². The van der Waals surface area contributed by atoms with E-state index in [1.807, 2.05) is 10.9 Å². The Morgan fingerprint density at radius 3 is 2.57 bits per heavy atom. The first-order valence-electron chi connectivity index (χ1n) is 7.38. The molecule has 1 aliphatic heterocycles. The fourth-order valence-corrected chi connectivity index (χ4v) is 4.06. The fraction of sp³-hybridized carbons (Fsp3) is 0.714. The van der Waals surface area contributed by atoms with Crippen molar-refractivity contribution < 1.29 is 27.4 Å². The first-order valence-corrected chi connectivity index (χ1v) is 7.38. The number of alkyl halides is 3. The van der Waals surface area contributed by atoms with E-state index in [2.05, 4.69) is 9.84 Å². The molecule has 9 heteroatoms. The fourth-order valence-electron chi connectivity index (χ4n) is 4.06. The van der Waals surface area contributed by atoms with E-state index in [0.717, 1.165) is 5.69 Å². The molecular weight excluding hydrogens is 315 g/mol. The van der Waals surface area contributed by atoms with Crippen LogP contribution in [0.5, 0.6) is 0 Å². The third-order valence-corrected chi connectivity index (χ3v) is 5.19. The largest absolute Gasteiger partial charge is 0.522 e. The Morgan fingerprint density at radius 1 is 1.35 bits per heavy atom. The Kier molecular flexibility index (Phi) is 2.83. The van der Waals surface area contributed by atoms with Crippen molar-refractivity contribution in [1.29, 1.82) is 0 Å². The number of hydrogen-bond acceptors (Lipinski definition) is 5. The summed E-state index contributed by atoms with van der Waals surface area (Å²) in [5.41, 5.74) is 0.312. The predicted molar refractivity (Wildman–Crippen MR) is 71.6 cm³/mol. The molecule has 4 aliphatic rings. The maximum Gasteiger partial charge on any atom is 0.522 e. The third-order valence-electron chi connectivity index (χ3n) is 5.19. The molecule has 0 atom stereocenters. The Labute approximate surface area is 130 Å². The number of carbonyl (C=O) groups excluding carboxylic acids is 1. The average molecular weight is 331 g/mol. The van der Waals surface area contributed by atoms with Gasteiger partial charge in [0.2, 0.25) is 0 Å². The molecule has 0 unspecified atom stereocenters. The lowest BCUT2D eigenvalue weighted by Crippen LogP contribution is -2.71. The van der Waals surface area contributed by atoms with E-state index in [4.69, 9.17) is 4.74 Å². The second-order valence-electron chi connectivity index (χ2n) is 6.76. The molecule has 3 saturated carbocycles. The van der Waals surface area contributed by atoms with E-state index in [-0.39, 0.29) is 30.0 Å². The highest BCUT2D eigenvalue weighted by Gasteiger charge is 2.74. The van der Waals surface area contributed by atoms with E-state index in [1.165, 1.54) is 7.11 Å². The smallest absolute Gasteiger partial charge is 0.469 e. The lowest BCUT2D eigenvalue weighted by Gasteiger charge is -2.67. The molecule has 5 rings (SSSR count). The molecule has 1 aromatic heterocycles. The first kappa shape index (κ1) is 14.8.